The van der Waals surface area contributed by atoms with E-state index >= 15 is 0 Å². The predicted octanol–water partition coefficient (Wildman–Crippen LogP) is -0.0600. The maximum Gasteiger partial charge on any atom is 0.327 e. The minimum absolute atomic E-state index is 0.108. The van der Waals surface area contributed by atoms with E-state index < -0.39 is 24.5 Å². The molecule has 4 rings (SSSR count). The van der Waals surface area contributed by atoms with E-state index in [1.54, 1.807) is 24.2 Å². The van der Waals surface area contributed by atoms with E-state index in [4.69, 9.17) is 16.3 Å². The summed E-state index contributed by atoms with van der Waals surface area (Å²) in [6, 6.07) is 6.19. The maximum atomic E-state index is 12.9. The molecule has 0 aromatic heterocycles. The fourth-order valence-corrected chi connectivity index (χ4v) is 4.01. The van der Waals surface area contributed by atoms with Crippen molar-refractivity contribution in [2.45, 2.75) is 18.5 Å². The predicted molar refractivity (Wildman–Crippen MR) is 104 cm³/mol. The van der Waals surface area contributed by atoms with Crippen molar-refractivity contribution in [1.82, 2.24) is 25.0 Å². The van der Waals surface area contributed by atoms with Crippen molar-refractivity contribution < 1.29 is 19.1 Å². The topological polar surface area (TPSA) is 97.8 Å². The molecule has 2 saturated heterocycles. The van der Waals surface area contributed by atoms with Crippen LogP contribution in [0.25, 0.3) is 0 Å². The van der Waals surface area contributed by atoms with Crippen molar-refractivity contribution in [3.8, 4) is 0 Å². The molecule has 3 atom stereocenters. The number of urea groups is 1. The summed E-state index contributed by atoms with van der Waals surface area (Å²) in [6.07, 6.45) is -1.07. The van der Waals surface area contributed by atoms with Gasteiger partial charge < -0.3 is 9.64 Å². The van der Waals surface area contributed by atoms with Crippen LogP contribution in [0.2, 0.25) is 5.02 Å². The summed E-state index contributed by atoms with van der Waals surface area (Å²) in [7, 11) is 4.41. The number of methoxy groups -OCH3 is 1. The van der Waals surface area contributed by atoms with Crippen LogP contribution in [0.4, 0.5) is 4.79 Å². The number of esters is 1. The summed E-state index contributed by atoms with van der Waals surface area (Å²) in [4.78, 5) is 41.8. The molecule has 1 aromatic carbocycles. The van der Waals surface area contributed by atoms with Crippen LogP contribution in [0.1, 0.15) is 5.56 Å². The highest BCUT2D eigenvalue weighted by Crippen LogP contribution is 2.30. The summed E-state index contributed by atoms with van der Waals surface area (Å²) in [5, 5.41) is 10.0. The van der Waals surface area contributed by atoms with Crippen molar-refractivity contribution in [2.24, 2.45) is 5.10 Å². The molecule has 2 fully saturated rings. The Morgan fingerprint density at radius 1 is 1.28 bits per heavy atom. The highest BCUT2D eigenvalue weighted by molar-refractivity contribution is 6.30. The standard InChI is InChI=1S/C18H21ClN6O4/c1-22-15-14(16(27)23(2)18(22)28)24-8-12(10-4-6-11(19)7-5-10)21-25(17(24)20-15)9-13(26)29-3/h4-7,14-15,17,20H,8-9H2,1-3H3. The molecule has 3 aliphatic heterocycles. The van der Waals surface area contributed by atoms with E-state index in [1.807, 2.05) is 17.0 Å². The number of ether oxygens (including phenoxy) is 1. The van der Waals surface area contributed by atoms with E-state index in [0.717, 1.165) is 10.5 Å². The minimum Gasteiger partial charge on any atom is -0.468 e. The number of hydrazone groups is 1. The molecule has 29 heavy (non-hydrogen) atoms. The van der Waals surface area contributed by atoms with Crippen LogP contribution in [-0.4, -0.2) is 96.1 Å². The van der Waals surface area contributed by atoms with Gasteiger partial charge in [0.2, 0.25) is 0 Å². The molecular formula is C18H21ClN6O4. The zero-order valence-electron chi connectivity index (χ0n) is 16.2. The Morgan fingerprint density at radius 3 is 2.62 bits per heavy atom. The average molecular weight is 421 g/mol. The number of halogens is 1. The van der Waals surface area contributed by atoms with E-state index in [-0.39, 0.29) is 18.5 Å². The summed E-state index contributed by atoms with van der Waals surface area (Å²) in [6.45, 7) is 0.253. The quantitative estimate of drug-likeness (QED) is 0.684. The summed E-state index contributed by atoms with van der Waals surface area (Å²) >= 11 is 5.99. The lowest BCUT2D eigenvalue weighted by molar-refractivity contribution is -0.144. The molecule has 0 saturated carbocycles. The number of nitrogens with zero attached hydrogens (tertiary/aromatic N) is 5. The number of rotatable bonds is 3. The largest absolute Gasteiger partial charge is 0.468 e. The Balaban J connectivity index is 1.72. The fourth-order valence-electron chi connectivity index (χ4n) is 3.89. The number of carbonyl (C=O) groups is 3. The number of benzene rings is 1. The number of hydrogen-bond acceptors (Lipinski definition) is 8. The van der Waals surface area contributed by atoms with Crippen molar-refractivity contribution in [3.63, 3.8) is 0 Å². The van der Waals surface area contributed by atoms with Gasteiger partial charge in [-0.25, -0.2) is 9.69 Å². The van der Waals surface area contributed by atoms with E-state index in [0.29, 0.717) is 17.3 Å². The third-order valence-electron chi connectivity index (χ3n) is 5.44. The van der Waals surface area contributed by atoms with E-state index in [9.17, 15) is 14.4 Å². The summed E-state index contributed by atoms with van der Waals surface area (Å²) in [5.41, 5.74) is 1.51. The number of amides is 3. The molecule has 11 heteroatoms. The van der Waals surface area contributed by atoms with Gasteiger partial charge in [0.15, 0.2) is 6.29 Å². The lowest BCUT2D eigenvalue weighted by atomic mass is 10.1. The fraction of sp³-hybridized carbons (Fsp3) is 0.444. The SMILES string of the molecule is COC(=O)CN1N=C(c2ccc(Cl)cc2)CN2C3C(=O)N(C)C(=O)N(C)C3NC12. The van der Waals surface area contributed by atoms with Gasteiger partial charge in [-0.3, -0.25) is 24.8 Å². The Labute approximate surface area is 172 Å². The number of carbonyl (C=O) groups excluding carboxylic acids is 3. The van der Waals surface area contributed by atoms with Gasteiger partial charge in [0.25, 0.3) is 5.91 Å². The van der Waals surface area contributed by atoms with Crippen LogP contribution < -0.4 is 5.32 Å². The number of imide groups is 1. The molecule has 0 spiro atoms. The Morgan fingerprint density at radius 2 is 1.97 bits per heavy atom. The van der Waals surface area contributed by atoms with Gasteiger partial charge in [-0.15, -0.1) is 0 Å². The normalized spacial score (nSPS) is 27.0. The van der Waals surface area contributed by atoms with Crippen molar-refractivity contribution in [2.75, 3.05) is 34.3 Å². The van der Waals surface area contributed by atoms with Crippen LogP contribution in [0, 0.1) is 0 Å². The molecule has 3 heterocycles. The smallest absolute Gasteiger partial charge is 0.327 e. The second kappa shape index (κ2) is 7.29. The van der Waals surface area contributed by atoms with Gasteiger partial charge in [-0.05, 0) is 17.7 Å². The molecule has 1 aromatic rings. The summed E-state index contributed by atoms with van der Waals surface area (Å²) < 4.78 is 4.80. The van der Waals surface area contributed by atoms with E-state index in [1.165, 1.54) is 19.1 Å². The molecule has 3 unspecified atom stereocenters. The van der Waals surface area contributed by atoms with Crippen molar-refractivity contribution >= 4 is 35.2 Å². The first kappa shape index (κ1) is 19.6. The second-order valence-electron chi connectivity index (χ2n) is 7.12. The van der Waals surface area contributed by atoms with E-state index in [2.05, 4.69) is 10.4 Å². The van der Waals surface area contributed by atoms with Crippen LogP contribution in [-0.2, 0) is 14.3 Å². The third kappa shape index (κ3) is 3.22. The first-order valence-electron chi connectivity index (χ1n) is 9.05. The van der Waals surface area contributed by atoms with Gasteiger partial charge in [0.1, 0.15) is 18.8 Å². The lowest BCUT2D eigenvalue weighted by Crippen LogP contribution is -2.65. The highest BCUT2D eigenvalue weighted by Gasteiger charge is 2.56. The molecule has 0 aliphatic carbocycles. The third-order valence-corrected chi connectivity index (χ3v) is 5.69. The maximum absolute atomic E-state index is 12.9. The van der Waals surface area contributed by atoms with Gasteiger partial charge in [-0.2, -0.15) is 5.10 Å². The lowest BCUT2D eigenvalue weighted by Gasteiger charge is -2.41. The summed E-state index contributed by atoms with van der Waals surface area (Å²) in [5.74, 6) is -0.765. The molecule has 0 bridgehead atoms. The Hall–Kier alpha value is -2.69. The zero-order valence-corrected chi connectivity index (χ0v) is 17.0. The van der Waals surface area contributed by atoms with Gasteiger partial charge >= 0.3 is 12.0 Å². The molecule has 3 aliphatic rings. The van der Waals surface area contributed by atoms with Crippen LogP contribution >= 0.6 is 11.6 Å². The first-order chi connectivity index (χ1) is 13.8. The molecule has 0 radical (unpaired) electrons. The van der Waals surface area contributed by atoms with Crippen LogP contribution in [0.5, 0.6) is 0 Å². The molecule has 1 N–H and O–H groups in total. The van der Waals surface area contributed by atoms with Gasteiger partial charge in [0.05, 0.1) is 12.8 Å². The number of likely N-dealkylation sites (N-methyl/N-ethyl adjacent to an activating group) is 2. The molecular weight excluding hydrogens is 400 g/mol. The Bertz CT molecular complexity index is 891. The van der Waals surface area contributed by atoms with Crippen molar-refractivity contribution in [1.29, 1.82) is 0 Å². The van der Waals surface area contributed by atoms with Crippen LogP contribution in [0.15, 0.2) is 29.4 Å². The first-order valence-corrected chi connectivity index (χ1v) is 9.42. The van der Waals surface area contributed by atoms with Gasteiger partial charge in [-0.1, -0.05) is 23.7 Å². The number of fused-ring (bicyclic) bond motifs is 3. The average Bonchev–Trinajstić information content (AvgIpc) is 3.11. The Kier molecular flexibility index (Phi) is 4.93. The minimum atomic E-state index is -0.606. The zero-order chi connectivity index (χ0) is 20.9. The van der Waals surface area contributed by atoms with Crippen LogP contribution in [0.3, 0.4) is 0 Å². The molecule has 10 nitrogen and oxygen atoms in total. The monoisotopic (exact) mass is 420 g/mol. The van der Waals surface area contributed by atoms with Crippen molar-refractivity contribution in [3.05, 3.63) is 34.9 Å². The molecule has 3 amide bonds. The number of nitrogens with one attached hydrogen (secondary N) is 1. The van der Waals surface area contributed by atoms with Gasteiger partial charge in [0, 0.05) is 25.7 Å². The molecule has 154 valence electrons. The number of hydrogen-bond donors (Lipinski definition) is 1. The highest BCUT2D eigenvalue weighted by atomic mass is 35.5. The second-order valence-corrected chi connectivity index (χ2v) is 7.56.